The number of benzene rings is 1. The molecular formula is C15H19ClN4. The Morgan fingerprint density at radius 2 is 2.05 bits per heavy atom. The number of rotatable bonds is 6. The van der Waals surface area contributed by atoms with Gasteiger partial charge >= 0.3 is 0 Å². The SMILES string of the molecule is Clc1ccc(C2(NCCCn3cncn3)CCC2)cc1. The lowest BCUT2D eigenvalue weighted by Gasteiger charge is -2.43. The van der Waals surface area contributed by atoms with Crippen molar-refractivity contribution in [2.24, 2.45) is 0 Å². The van der Waals surface area contributed by atoms with Crippen molar-refractivity contribution in [1.29, 1.82) is 0 Å². The van der Waals surface area contributed by atoms with Gasteiger partial charge in [-0.3, -0.25) is 4.68 Å². The third-order valence-corrected chi connectivity index (χ3v) is 4.35. The Balaban J connectivity index is 1.55. The number of halogens is 1. The molecule has 20 heavy (non-hydrogen) atoms. The number of aryl methyl sites for hydroxylation is 1. The highest BCUT2D eigenvalue weighted by Gasteiger charge is 2.37. The largest absolute Gasteiger partial charge is 0.307 e. The molecule has 3 rings (SSSR count). The van der Waals surface area contributed by atoms with Crippen LogP contribution in [0.5, 0.6) is 0 Å². The highest BCUT2D eigenvalue weighted by atomic mass is 35.5. The molecule has 1 aromatic carbocycles. The van der Waals surface area contributed by atoms with Crippen molar-refractivity contribution in [3.63, 3.8) is 0 Å². The fourth-order valence-electron chi connectivity index (χ4n) is 2.78. The molecule has 0 unspecified atom stereocenters. The average molecular weight is 291 g/mol. The molecule has 5 heteroatoms. The van der Waals surface area contributed by atoms with E-state index in [1.54, 1.807) is 12.7 Å². The van der Waals surface area contributed by atoms with Crippen molar-refractivity contribution in [3.8, 4) is 0 Å². The second-order valence-corrected chi connectivity index (χ2v) is 5.82. The summed E-state index contributed by atoms with van der Waals surface area (Å²) < 4.78 is 1.87. The predicted octanol–water partition coefficient (Wildman–Crippen LogP) is 2.99. The highest BCUT2D eigenvalue weighted by Crippen LogP contribution is 2.41. The first-order valence-corrected chi connectivity index (χ1v) is 7.50. The van der Waals surface area contributed by atoms with E-state index in [-0.39, 0.29) is 5.54 Å². The van der Waals surface area contributed by atoms with Gasteiger partial charge in [0.15, 0.2) is 0 Å². The van der Waals surface area contributed by atoms with Crippen LogP contribution in [0.4, 0.5) is 0 Å². The maximum atomic E-state index is 5.97. The van der Waals surface area contributed by atoms with E-state index in [0.717, 1.165) is 24.5 Å². The Kier molecular flexibility index (Phi) is 4.03. The van der Waals surface area contributed by atoms with Crippen LogP contribution in [0.2, 0.25) is 5.02 Å². The predicted molar refractivity (Wildman–Crippen MR) is 79.6 cm³/mol. The summed E-state index contributed by atoms with van der Waals surface area (Å²) in [6.07, 6.45) is 8.10. The fraction of sp³-hybridized carbons (Fsp3) is 0.467. The molecule has 0 radical (unpaired) electrons. The summed E-state index contributed by atoms with van der Waals surface area (Å²) in [5.74, 6) is 0. The summed E-state index contributed by atoms with van der Waals surface area (Å²) in [7, 11) is 0. The molecule has 4 nitrogen and oxygen atoms in total. The van der Waals surface area contributed by atoms with Crippen molar-refractivity contribution in [2.45, 2.75) is 37.8 Å². The van der Waals surface area contributed by atoms with Gasteiger partial charge in [0.2, 0.25) is 0 Å². The van der Waals surface area contributed by atoms with Crippen molar-refractivity contribution in [3.05, 3.63) is 47.5 Å². The number of nitrogens with one attached hydrogen (secondary N) is 1. The molecule has 106 valence electrons. The molecule has 0 atom stereocenters. The zero-order valence-corrected chi connectivity index (χ0v) is 12.2. The topological polar surface area (TPSA) is 42.7 Å². The van der Waals surface area contributed by atoms with Crippen LogP contribution in [-0.2, 0) is 12.1 Å². The van der Waals surface area contributed by atoms with E-state index in [9.17, 15) is 0 Å². The Morgan fingerprint density at radius 1 is 1.25 bits per heavy atom. The fourth-order valence-corrected chi connectivity index (χ4v) is 2.91. The molecule has 0 saturated heterocycles. The van der Waals surface area contributed by atoms with E-state index in [2.05, 4.69) is 27.5 Å². The molecule has 0 amide bonds. The van der Waals surface area contributed by atoms with Crippen LogP contribution >= 0.6 is 11.6 Å². The summed E-state index contributed by atoms with van der Waals surface area (Å²) in [6, 6.07) is 8.25. The molecule has 1 N–H and O–H groups in total. The Hall–Kier alpha value is -1.39. The lowest BCUT2D eigenvalue weighted by atomic mass is 9.72. The monoisotopic (exact) mass is 290 g/mol. The average Bonchev–Trinajstić information content (AvgIpc) is 2.92. The van der Waals surface area contributed by atoms with Crippen LogP contribution in [0.1, 0.15) is 31.2 Å². The number of aromatic nitrogens is 3. The Labute approximate surface area is 124 Å². The van der Waals surface area contributed by atoms with Gasteiger partial charge in [0.25, 0.3) is 0 Å². The minimum absolute atomic E-state index is 0.160. The Morgan fingerprint density at radius 3 is 2.65 bits per heavy atom. The van der Waals surface area contributed by atoms with Crippen LogP contribution in [0, 0.1) is 0 Å². The summed E-state index contributed by atoms with van der Waals surface area (Å²) in [5, 5.41) is 8.64. The first-order chi connectivity index (χ1) is 9.78. The van der Waals surface area contributed by atoms with E-state index < -0.39 is 0 Å². The second kappa shape index (κ2) is 5.94. The Bertz CT molecular complexity index is 532. The zero-order valence-electron chi connectivity index (χ0n) is 11.4. The van der Waals surface area contributed by atoms with Crippen molar-refractivity contribution < 1.29 is 0 Å². The minimum atomic E-state index is 0.160. The maximum absolute atomic E-state index is 5.97. The van der Waals surface area contributed by atoms with Gasteiger partial charge in [0.1, 0.15) is 12.7 Å². The first kappa shape index (κ1) is 13.6. The molecule has 0 spiro atoms. The summed E-state index contributed by atoms with van der Waals surface area (Å²) in [6.45, 7) is 1.90. The van der Waals surface area contributed by atoms with Gasteiger partial charge in [-0.2, -0.15) is 5.10 Å². The second-order valence-electron chi connectivity index (χ2n) is 5.38. The maximum Gasteiger partial charge on any atom is 0.137 e. The summed E-state index contributed by atoms with van der Waals surface area (Å²) >= 11 is 5.97. The van der Waals surface area contributed by atoms with Gasteiger partial charge in [0.05, 0.1) is 0 Å². The number of nitrogens with zero attached hydrogens (tertiary/aromatic N) is 3. The van der Waals surface area contributed by atoms with Gasteiger partial charge in [-0.25, -0.2) is 4.98 Å². The van der Waals surface area contributed by atoms with E-state index in [1.165, 1.54) is 24.8 Å². The standard InChI is InChI=1S/C15H19ClN4/c16-14-5-3-13(4-6-14)15(7-1-8-15)18-9-2-10-20-12-17-11-19-20/h3-6,11-12,18H,1-2,7-10H2. The summed E-state index contributed by atoms with van der Waals surface area (Å²) in [4.78, 5) is 3.95. The van der Waals surface area contributed by atoms with E-state index in [0.29, 0.717) is 0 Å². The molecule has 1 saturated carbocycles. The quantitative estimate of drug-likeness (QED) is 0.832. The zero-order chi connectivity index (χ0) is 13.8. The van der Waals surface area contributed by atoms with Crippen LogP contribution in [0.3, 0.4) is 0 Å². The van der Waals surface area contributed by atoms with Gasteiger partial charge in [0, 0.05) is 17.1 Å². The van der Waals surface area contributed by atoms with Crippen LogP contribution in [-0.4, -0.2) is 21.3 Å². The summed E-state index contributed by atoms with van der Waals surface area (Å²) in [5.41, 5.74) is 1.52. The van der Waals surface area contributed by atoms with Crippen LogP contribution in [0.15, 0.2) is 36.9 Å². The lowest BCUT2D eigenvalue weighted by molar-refractivity contribution is 0.184. The first-order valence-electron chi connectivity index (χ1n) is 7.12. The van der Waals surface area contributed by atoms with Crippen molar-refractivity contribution >= 4 is 11.6 Å². The smallest absolute Gasteiger partial charge is 0.137 e. The number of hydrogen-bond donors (Lipinski definition) is 1. The normalized spacial score (nSPS) is 16.9. The molecule has 1 fully saturated rings. The molecule has 1 aliphatic carbocycles. The molecular weight excluding hydrogens is 272 g/mol. The molecule has 0 aliphatic heterocycles. The highest BCUT2D eigenvalue weighted by molar-refractivity contribution is 6.30. The van der Waals surface area contributed by atoms with E-state index >= 15 is 0 Å². The lowest BCUT2D eigenvalue weighted by Crippen LogP contribution is -2.48. The van der Waals surface area contributed by atoms with Crippen molar-refractivity contribution in [2.75, 3.05) is 6.54 Å². The van der Waals surface area contributed by atoms with Gasteiger partial charge in [-0.15, -0.1) is 0 Å². The van der Waals surface area contributed by atoms with Gasteiger partial charge < -0.3 is 5.32 Å². The third kappa shape index (κ3) is 2.86. The van der Waals surface area contributed by atoms with Crippen LogP contribution < -0.4 is 5.32 Å². The van der Waals surface area contributed by atoms with Gasteiger partial charge in [-0.05, 0) is 49.9 Å². The van der Waals surface area contributed by atoms with Crippen molar-refractivity contribution in [1.82, 2.24) is 20.1 Å². The van der Waals surface area contributed by atoms with Crippen LogP contribution in [0.25, 0.3) is 0 Å². The molecule has 0 bridgehead atoms. The number of hydrogen-bond acceptors (Lipinski definition) is 3. The van der Waals surface area contributed by atoms with E-state index in [4.69, 9.17) is 11.6 Å². The molecule has 1 heterocycles. The third-order valence-electron chi connectivity index (χ3n) is 4.10. The molecule has 1 aliphatic rings. The minimum Gasteiger partial charge on any atom is -0.307 e. The molecule has 1 aromatic heterocycles. The van der Waals surface area contributed by atoms with Gasteiger partial charge in [-0.1, -0.05) is 23.7 Å². The van der Waals surface area contributed by atoms with E-state index in [1.807, 2.05) is 16.8 Å². The molecule has 2 aromatic rings.